The number of amides is 1. The van der Waals surface area contributed by atoms with Gasteiger partial charge in [-0.3, -0.25) is 9.59 Å². The van der Waals surface area contributed by atoms with Gasteiger partial charge in [-0.2, -0.15) is 5.10 Å². The molecule has 7 nitrogen and oxygen atoms in total. The van der Waals surface area contributed by atoms with Crippen LogP contribution in [0.1, 0.15) is 40.5 Å². The summed E-state index contributed by atoms with van der Waals surface area (Å²) in [6.45, 7) is -0.359. The van der Waals surface area contributed by atoms with Crippen LogP contribution in [0.3, 0.4) is 0 Å². The number of aryl methyl sites for hydroxylation is 1. The molecule has 1 aliphatic carbocycles. The van der Waals surface area contributed by atoms with Crippen LogP contribution in [0.4, 0.5) is 0 Å². The van der Waals surface area contributed by atoms with Crippen molar-refractivity contribution in [3.05, 3.63) is 75.7 Å². The van der Waals surface area contributed by atoms with Crippen LogP contribution in [-0.2, 0) is 17.8 Å². The van der Waals surface area contributed by atoms with Gasteiger partial charge in [-0.25, -0.2) is 4.68 Å². The summed E-state index contributed by atoms with van der Waals surface area (Å²) in [6.07, 6.45) is 2.75. The number of hydrogen-bond acceptors (Lipinski definition) is 5. The largest absolute Gasteiger partial charge is 0.543 e. The van der Waals surface area contributed by atoms with Gasteiger partial charge in [0.25, 0.3) is 5.56 Å². The maximum absolute atomic E-state index is 12.6. The summed E-state index contributed by atoms with van der Waals surface area (Å²) in [7, 11) is 0. The third-order valence-electron chi connectivity index (χ3n) is 5.06. The van der Waals surface area contributed by atoms with Crippen molar-refractivity contribution in [3.63, 3.8) is 0 Å². The number of aromatic carboxylic acids is 1. The third kappa shape index (κ3) is 3.26. The van der Waals surface area contributed by atoms with Crippen LogP contribution in [0, 0.1) is 0 Å². The van der Waals surface area contributed by atoms with E-state index in [2.05, 4.69) is 16.5 Å². The number of aromatic nitrogens is 2. The first-order valence-corrected chi connectivity index (χ1v) is 9.13. The molecule has 0 saturated heterocycles. The highest BCUT2D eigenvalue weighted by molar-refractivity contribution is 6.00. The van der Waals surface area contributed by atoms with Crippen molar-refractivity contribution in [1.82, 2.24) is 15.1 Å². The predicted molar refractivity (Wildman–Crippen MR) is 101 cm³/mol. The van der Waals surface area contributed by atoms with Gasteiger partial charge in [0.2, 0.25) is 5.91 Å². The van der Waals surface area contributed by atoms with Gasteiger partial charge >= 0.3 is 0 Å². The van der Waals surface area contributed by atoms with E-state index in [0.717, 1.165) is 29.5 Å². The number of nitrogens with one attached hydrogen (secondary N) is 1. The van der Waals surface area contributed by atoms with E-state index in [1.54, 1.807) is 12.1 Å². The lowest BCUT2D eigenvalue weighted by Crippen LogP contribution is -2.38. The average molecular weight is 376 g/mol. The average Bonchev–Trinajstić information content (AvgIpc) is 2.70. The lowest BCUT2D eigenvalue weighted by atomic mass is 9.88. The summed E-state index contributed by atoms with van der Waals surface area (Å²) in [5.41, 5.74) is 1.42. The van der Waals surface area contributed by atoms with Crippen molar-refractivity contribution >= 4 is 22.6 Å². The summed E-state index contributed by atoms with van der Waals surface area (Å²) in [5.74, 6) is -1.89. The normalized spacial score (nSPS) is 15.8. The fraction of sp³-hybridized carbons (Fsp3) is 0.238. The van der Waals surface area contributed by atoms with Crippen molar-refractivity contribution in [2.75, 3.05) is 0 Å². The van der Waals surface area contributed by atoms with Gasteiger partial charge < -0.3 is 15.2 Å². The molecule has 0 saturated carbocycles. The number of fused-ring (bicyclic) bond motifs is 2. The van der Waals surface area contributed by atoms with Crippen LogP contribution >= 0.6 is 0 Å². The Morgan fingerprint density at radius 1 is 1.11 bits per heavy atom. The van der Waals surface area contributed by atoms with E-state index in [1.807, 2.05) is 18.2 Å². The van der Waals surface area contributed by atoms with Gasteiger partial charge in [-0.05, 0) is 36.5 Å². The summed E-state index contributed by atoms with van der Waals surface area (Å²) in [6, 6.07) is 14.1. The molecule has 1 N–H and O–H groups in total. The monoisotopic (exact) mass is 376 g/mol. The number of nitrogens with zero attached hydrogens (tertiary/aromatic N) is 2. The number of carboxylic acids is 1. The minimum Gasteiger partial charge on any atom is -0.543 e. The van der Waals surface area contributed by atoms with Gasteiger partial charge in [-0.1, -0.05) is 42.5 Å². The molecule has 28 heavy (non-hydrogen) atoms. The fourth-order valence-electron chi connectivity index (χ4n) is 3.77. The van der Waals surface area contributed by atoms with Gasteiger partial charge in [0, 0.05) is 5.39 Å². The number of carbonyl (C=O) groups is 2. The Bertz CT molecular complexity index is 1140. The molecule has 7 heteroatoms. The number of carboxylic acid groups (broad SMARTS) is 1. The highest BCUT2D eigenvalue weighted by Gasteiger charge is 2.22. The number of benzene rings is 2. The van der Waals surface area contributed by atoms with Crippen molar-refractivity contribution in [3.8, 4) is 0 Å². The Labute approximate surface area is 160 Å². The summed E-state index contributed by atoms with van der Waals surface area (Å²) < 4.78 is 0.886. The molecule has 2 aromatic carbocycles. The highest BCUT2D eigenvalue weighted by atomic mass is 16.4. The van der Waals surface area contributed by atoms with Crippen LogP contribution in [0.5, 0.6) is 0 Å². The topological polar surface area (TPSA) is 104 Å². The molecule has 0 aliphatic heterocycles. The lowest BCUT2D eigenvalue weighted by Gasteiger charge is -2.26. The van der Waals surface area contributed by atoms with E-state index in [4.69, 9.17) is 0 Å². The number of carbonyl (C=O) groups excluding carboxylic acids is 2. The second kappa shape index (κ2) is 7.26. The molecule has 142 valence electrons. The zero-order chi connectivity index (χ0) is 19.7. The zero-order valence-corrected chi connectivity index (χ0v) is 15.1. The zero-order valence-electron chi connectivity index (χ0n) is 15.1. The molecule has 0 bridgehead atoms. The maximum Gasteiger partial charge on any atom is 0.275 e. The second-order valence-corrected chi connectivity index (χ2v) is 6.86. The van der Waals surface area contributed by atoms with Crippen molar-refractivity contribution in [2.24, 2.45) is 0 Å². The first kappa shape index (κ1) is 17.9. The SMILES string of the molecule is O=C(Cn1nc(C(=O)[O-])c2ccccc2c1=O)N[C@H]1CCCc2ccccc21. The molecular weight excluding hydrogens is 358 g/mol. The van der Waals surface area contributed by atoms with Crippen LogP contribution < -0.4 is 16.0 Å². The van der Waals surface area contributed by atoms with Crippen LogP contribution in [0.25, 0.3) is 10.8 Å². The molecule has 0 unspecified atom stereocenters. The molecule has 1 heterocycles. The van der Waals surface area contributed by atoms with E-state index in [-0.39, 0.29) is 29.1 Å². The van der Waals surface area contributed by atoms with E-state index in [9.17, 15) is 19.5 Å². The highest BCUT2D eigenvalue weighted by Crippen LogP contribution is 2.29. The molecule has 1 atom stereocenters. The molecule has 1 amide bonds. The molecule has 4 rings (SSSR count). The van der Waals surface area contributed by atoms with E-state index < -0.39 is 17.4 Å². The van der Waals surface area contributed by atoms with Gasteiger partial charge in [-0.15, -0.1) is 0 Å². The molecule has 0 fully saturated rings. The summed E-state index contributed by atoms with van der Waals surface area (Å²) >= 11 is 0. The minimum atomic E-state index is -1.49. The van der Waals surface area contributed by atoms with E-state index in [1.165, 1.54) is 17.7 Å². The van der Waals surface area contributed by atoms with E-state index >= 15 is 0 Å². The van der Waals surface area contributed by atoms with Gasteiger partial charge in [0.15, 0.2) is 0 Å². The Kier molecular flexibility index (Phi) is 4.65. The van der Waals surface area contributed by atoms with Crippen molar-refractivity contribution < 1.29 is 14.7 Å². The molecule has 1 aliphatic rings. The van der Waals surface area contributed by atoms with Crippen LogP contribution in [0.15, 0.2) is 53.3 Å². The molecule has 0 radical (unpaired) electrons. The number of hydrogen-bond donors (Lipinski definition) is 1. The molecular formula is C21H18N3O4-. The Morgan fingerprint density at radius 3 is 2.61 bits per heavy atom. The Balaban J connectivity index is 1.62. The molecule has 0 spiro atoms. The van der Waals surface area contributed by atoms with Crippen molar-refractivity contribution in [2.45, 2.75) is 31.8 Å². The van der Waals surface area contributed by atoms with E-state index in [0.29, 0.717) is 0 Å². The standard InChI is InChI=1S/C21H19N3O4/c25-18(22-17-11-5-7-13-6-1-2-8-14(13)17)12-24-20(26)16-10-4-3-9-15(16)19(23-24)21(27)28/h1-4,6,8-10,17H,5,7,11-12H2,(H,22,25)(H,27,28)/p-1/t17-/m0/s1. The Morgan fingerprint density at radius 2 is 1.82 bits per heavy atom. The molecule has 3 aromatic rings. The van der Waals surface area contributed by atoms with Gasteiger partial charge in [0.05, 0.1) is 17.4 Å². The Hall–Kier alpha value is -3.48. The van der Waals surface area contributed by atoms with Crippen molar-refractivity contribution in [1.29, 1.82) is 0 Å². The lowest BCUT2D eigenvalue weighted by molar-refractivity contribution is -0.255. The summed E-state index contributed by atoms with van der Waals surface area (Å²) in [5, 5.41) is 18.6. The van der Waals surface area contributed by atoms with Crippen LogP contribution in [-0.4, -0.2) is 21.7 Å². The van der Waals surface area contributed by atoms with Gasteiger partial charge in [0.1, 0.15) is 12.2 Å². The first-order valence-electron chi connectivity index (χ1n) is 9.13. The smallest absolute Gasteiger partial charge is 0.275 e. The third-order valence-corrected chi connectivity index (χ3v) is 5.06. The molecule has 1 aromatic heterocycles. The minimum absolute atomic E-state index is 0.130. The first-order chi connectivity index (χ1) is 13.5. The quantitative estimate of drug-likeness (QED) is 0.730. The second-order valence-electron chi connectivity index (χ2n) is 6.86. The predicted octanol–water partition coefficient (Wildman–Crippen LogP) is 0.954. The summed E-state index contributed by atoms with van der Waals surface area (Å²) in [4.78, 5) is 36.7. The fourth-order valence-corrected chi connectivity index (χ4v) is 3.77. The van der Waals surface area contributed by atoms with Crippen LogP contribution in [0.2, 0.25) is 0 Å². The number of rotatable bonds is 4. The maximum atomic E-state index is 12.6.